The Morgan fingerprint density at radius 1 is 1.58 bits per heavy atom. The number of amides is 1. The van der Waals surface area contributed by atoms with Crippen LogP contribution in [0.15, 0.2) is 0 Å². The van der Waals surface area contributed by atoms with Crippen molar-refractivity contribution >= 4 is 5.91 Å². The van der Waals surface area contributed by atoms with Crippen molar-refractivity contribution in [2.24, 2.45) is 5.73 Å². The minimum Gasteiger partial charge on any atom is -0.377 e. The summed E-state index contributed by atoms with van der Waals surface area (Å²) in [6.45, 7) is 8.58. The lowest BCUT2D eigenvalue weighted by Gasteiger charge is -2.32. The Kier molecular flexibility index (Phi) is 6.23. The molecule has 0 aliphatic carbocycles. The molecule has 0 aromatic carbocycles. The van der Waals surface area contributed by atoms with E-state index in [1.807, 2.05) is 20.8 Å². The summed E-state index contributed by atoms with van der Waals surface area (Å²) < 4.78 is 5.62. The molecule has 112 valence electrons. The van der Waals surface area contributed by atoms with Gasteiger partial charge in [-0.05, 0) is 47.1 Å². The van der Waals surface area contributed by atoms with E-state index in [1.54, 1.807) is 0 Å². The summed E-state index contributed by atoms with van der Waals surface area (Å²) in [6, 6.07) is 0.237. The molecule has 1 saturated heterocycles. The smallest absolute Gasteiger partial charge is 0.237 e. The summed E-state index contributed by atoms with van der Waals surface area (Å²) in [7, 11) is 2.07. The van der Waals surface area contributed by atoms with Crippen LogP contribution >= 0.6 is 0 Å². The molecule has 1 aliphatic rings. The van der Waals surface area contributed by atoms with Crippen molar-refractivity contribution in [1.29, 1.82) is 0 Å². The predicted molar refractivity (Wildman–Crippen MR) is 77.0 cm³/mol. The molecule has 5 heteroatoms. The fourth-order valence-corrected chi connectivity index (χ4v) is 2.55. The second-order valence-corrected chi connectivity index (χ2v) is 6.14. The monoisotopic (exact) mass is 271 g/mol. The van der Waals surface area contributed by atoms with Crippen LogP contribution in [0.4, 0.5) is 0 Å². The highest BCUT2D eigenvalue weighted by molar-refractivity contribution is 5.84. The highest BCUT2D eigenvalue weighted by Crippen LogP contribution is 2.15. The molecular weight excluding hydrogens is 242 g/mol. The highest BCUT2D eigenvalue weighted by Gasteiger charge is 2.31. The van der Waals surface area contributed by atoms with E-state index in [4.69, 9.17) is 10.5 Å². The Balaban J connectivity index is 2.39. The van der Waals surface area contributed by atoms with Gasteiger partial charge in [-0.15, -0.1) is 0 Å². The number of ether oxygens (including phenoxy) is 1. The van der Waals surface area contributed by atoms with Crippen molar-refractivity contribution in [3.63, 3.8) is 0 Å². The lowest BCUT2D eigenvalue weighted by Crippen LogP contribution is -2.56. The standard InChI is InChI=1S/C14H29N3O2/c1-11(2)16-14(3,13(15)18)7-8-17(4)10-12-6-5-9-19-12/h11-12,16H,5-10H2,1-4H3,(H2,15,18). The molecular formula is C14H29N3O2. The van der Waals surface area contributed by atoms with Crippen molar-refractivity contribution in [3.8, 4) is 0 Å². The van der Waals surface area contributed by atoms with Gasteiger partial charge in [0.15, 0.2) is 0 Å². The van der Waals surface area contributed by atoms with Crippen LogP contribution in [-0.2, 0) is 9.53 Å². The van der Waals surface area contributed by atoms with E-state index < -0.39 is 5.54 Å². The molecule has 1 amide bonds. The van der Waals surface area contributed by atoms with E-state index in [2.05, 4.69) is 17.3 Å². The number of hydrogen-bond donors (Lipinski definition) is 2. The first-order valence-corrected chi connectivity index (χ1v) is 7.21. The molecule has 1 heterocycles. The van der Waals surface area contributed by atoms with Gasteiger partial charge in [0.25, 0.3) is 0 Å². The van der Waals surface area contributed by atoms with Crippen molar-refractivity contribution in [2.45, 2.75) is 57.7 Å². The molecule has 2 atom stereocenters. The molecule has 0 saturated carbocycles. The van der Waals surface area contributed by atoms with Gasteiger partial charge in [0.1, 0.15) is 0 Å². The number of hydrogen-bond acceptors (Lipinski definition) is 4. The number of nitrogens with one attached hydrogen (secondary N) is 1. The third-order valence-electron chi connectivity index (χ3n) is 3.68. The normalized spacial score (nSPS) is 22.9. The molecule has 5 nitrogen and oxygen atoms in total. The molecule has 0 bridgehead atoms. The first-order chi connectivity index (χ1) is 8.83. The van der Waals surface area contributed by atoms with Gasteiger partial charge in [-0.3, -0.25) is 4.79 Å². The van der Waals surface area contributed by atoms with Crippen LogP contribution in [-0.4, -0.2) is 55.2 Å². The van der Waals surface area contributed by atoms with E-state index >= 15 is 0 Å². The summed E-state index contributed by atoms with van der Waals surface area (Å²) in [4.78, 5) is 13.9. The maximum Gasteiger partial charge on any atom is 0.237 e. The van der Waals surface area contributed by atoms with E-state index in [-0.39, 0.29) is 11.9 Å². The predicted octanol–water partition coefficient (Wildman–Crippen LogP) is 0.729. The average molecular weight is 271 g/mol. The second-order valence-electron chi connectivity index (χ2n) is 6.14. The third kappa shape index (κ3) is 5.47. The zero-order valence-corrected chi connectivity index (χ0v) is 12.7. The zero-order chi connectivity index (χ0) is 14.5. The van der Waals surface area contributed by atoms with E-state index in [0.29, 0.717) is 12.5 Å². The molecule has 1 aliphatic heterocycles. The van der Waals surface area contributed by atoms with Crippen molar-refractivity contribution in [1.82, 2.24) is 10.2 Å². The van der Waals surface area contributed by atoms with Gasteiger partial charge >= 0.3 is 0 Å². The summed E-state index contributed by atoms with van der Waals surface area (Å²) in [5.74, 6) is -0.285. The van der Waals surface area contributed by atoms with Gasteiger partial charge in [-0.2, -0.15) is 0 Å². The number of carbonyl (C=O) groups excluding carboxylic acids is 1. The molecule has 3 N–H and O–H groups in total. The summed E-state index contributed by atoms with van der Waals surface area (Å²) in [5, 5.41) is 3.27. The molecule has 0 aromatic rings. The zero-order valence-electron chi connectivity index (χ0n) is 12.7. The highest BCUT2D eigenvalue weighted by atomic mass is 16.5. The Bertz CT molecular complexity index is 290. The SMILES string of the molecule is CC(C)NC(C)(CCN(C)CC1CCCO1)C(N)=O. The van der Waals surface area contributed by atoms with E-state index in [1.165, 1.54) is 0 Å². The van der Waals surface area contributed by atoms with Crippen LogP contribution in [0.25, 0.3) is 0 Å². The largest absolute Gasteiger partial charge is 0.377 e. The maximum absolute atomic E-state index is 11.6. The van der Waals surface area contributed by atoms with E-state index in [9.17, 15) is 4.79 Å². The third-order valence-corrected chi connectivity index (χ3v) is 3.68. The quantitative estimate of drug-likeness (QED) is 0.683. The van der Waals surface area contributed by atoms with Crippen LogP contribution in [0, 0.1) is 0 Å². The van der Waals surface area contributed by atoms with Gasteiger partial charge in [0.05, 0.1) is 11.6 Å². The lowest BCUT2D eigenvalue weighted by molar-refractivity contribution is -0.124. The fourth-order valence-electron chi connectivity index (χ4n) is 2.55. The van der Waals surface area contributed by atoms with Crippen LogP contribution in [0.1, 0.15) is 40.0 Å². The number of likely N-dealkylation sites (N-methyl/N-ethyl adjacent to an activating group) is 1. The van der Waals surface area contributed by atoms with Crippen molar-refractivity contribution < 1.29 is 9.53 Å². The van der Waals surface area contributed by atoms with Gasteiger partial charge < -0.3 is 20.7 Å². The number of nitrogens with two attached hydrogens (primary N) is 1. The number of carbonyl (C=O) groups is 1. The van der Waals surface area contributed by atoms with Gasteiger partial charge in [0, 0.05) is 25.7 Å². The molecule has 1 fully saturated rings. The number of rotatable bonds is 8. The minimum absolute atomic E-state index is 0.237. The molecule has 2 unspecified atom stereocenters. The van der Waals surface area contributed by atoms with Gasteiger partial charge in [-0.25, -0.2) is 0 Å². The van der Waals surface area contributed by atoms with Crippen molar-refractivity contribution in [2.75, 3.05) is 26.7 Å². The van der Waals surface area contributed by atoms with Crippen LogP contribution in [0.2, 0.25) is 0 Å². The molecule has 0 spiro atoms. The van der Waals surface area contributed by atoms with Gasteiger partial charge in [0.2, 0.25) is 5.91 Å². The Labute approximate surface area is 116 Å². The number of primary amides is 1. The maximum atomic E-state index is 11.6. The summed E-state index contributed by atoms with van der Waals surface area (Å²) >= 11 is 0. The second kappa shape index (κ2) is 7.22. The van der Waals surface area contributed by atoms with Crippen LogP contribution < -0.4 is 11.1 Å². The molecule has 19 heavy (non-hydrogen) atoms. The number of nitrogens with zero attached hydrogens (tertiary/aromatic N) is 1. The Morgan fingerprint density at radius 3 is 2.74 bits per heavy atom. The van der Waals surface area contributed by atoms with Crippen LogP contribution in [0.5, 0.6) is 0 Å². The van der Waals surface area contributed by atoms with E-state index in [0.717, 1.165) is 32.5 Å². The molecule has 1 rings (SSSR count). The Hall–Kier alpha value is -0.650. The first kappa shape index (κ1) is 16.4. The first-order valence-electron chi connectivity index (χ1n) is 7.21. The van der Waals surface area contributed by atoms with Gasteiger partial charge in [-0.1, -0.05) is 0 Å². The Morgan fingerprint density at radius 2 is 2.26 bits per heavy atom. The molecule has 0 aromatic heterocycles. The lowest BCUT2D eigenvalue weighted by atomic mass is 9.95. The fraction of sp³-hybridized carbons (Fsp3) is 0.929. The average Bonchev–Trinajstić information content (AvgIpc) is 2.78. The topological polar surface area (TPSA) is 67.6 Å². The van der Waals surface area contributed by atoms with Crippen molar-refractivity contribution in [3.05, 3.63) is 0 Å². The molecule has 0 radical (unpaired) electrons. The van der Waals surface area contributed by atoms with Crippen LogP contribution in [0.3, 0.4) is 0 Å². The minimum atomic E-state index is -0.640. The summed E-state index contributed by atoms with van der Waals surface area (Å²) in [6.07, 6.45) is 3.36. The summed E-state index contributed by atoms with van der Waals surface area (Å²) in [5.41, 5.74) is 4.88.